The van der Waals surface area contributed by atoms with Gasteiger partial charge in [-0.05, 0) is 35.8 Å². The molecule has 1 aliphatic carbocycles. The Morgan fingerprint density at radius 3 is 2.88 bits per heavy atom. The molecule has 1 aliphatic rings. The zero-order chi connectivity index (χ0) is 11.9. The summed E-state index contributed by atoms with van der Waals surface area (Å²) < 4.78 is 2.97. The van der Waals surface area contributed by atoms with Gasteiger partial charge in [-0.1, -0.05) is 22.4 Å². The van der Waals surface area contributed by atoms with Crippen LogP contribution in [0.25, 0.3) is 10.1 Å². The third kappa shape index (κ3) is 1.87. The van der Waals surface area contributed by atoms with Gasteiger partial charge < -0.3 is 4.57 Å². The second-order valence-electron chi connectivity index (χ2n) is 4.93. The van der Waals surface area contributed by atoms with Crippen LogP contribution in [0.3, 0.4) is 0 Å². The van der Waals surface area contributed by atoms with Crippen LogP contribution in [0.15, 0.2) is 28.5 Å². The number of rotatable bonds is 3. The third-order valence-corrected chi connectivity index (χ3v) is 5.87. The number of hydrogen-bond donors (Lipinski definition) is 0. The van der Waals surface area contributed by atoms with Gasteiger partial charge in [-0.2, -0.15) is 0 Å². The van der Waals surface area contributed by atoms with Crippen LogP contribution in [-0.2, 0) is 6.54 Å². The van der Waals surface area contributed by atoms with Gasteiger partial charge in [0, 0.05) is 22.8 Å². The fourth-order valence-electron chi connectivity index (χ4n) is 2.50. The molecule has 2 aromatic rings. The van der Waals surface area contributed by atoms with Crippen LogP contribution < -0.4 is 5.56 Å². The highest BCUT2D eigenvalue weighted by atomic mass is 79.9. The first-order chi connectivity index (χ1) is 8.24. The van der Waals surface area contributed by atoms with E-state index in [1.807, 2.05) is 22.2 Å². The topological polar surface area (TPSA) is 22.0 Å². The van der Waals surface area contributed by atoms with Crippen LogP contribution in [0.5, 0.6) is 0 Å². The quantitative estimate of drug-likeness (QED) is 0.793. The number of hydrogen-bond acceptors (Lipinski definition) is 2. The zero-order valence-electron chi connectivity index (χ0n) is 9.49. The van der Waals surface area contributed by atoms with E-state index < -0.39 is 0 Å². The Morgan fingerprint density at radius 2 is 2.24 bits per heavy atom. The fraction of sp³-hybridized carbons (Fsp3) is 0.462. The lowest BCUT2D eigenvalue weighted by atomic mass is 9.70. The molecular weight excluding hydrogens is 298 g/mol. The Balaban J connectivity index is 2.00. The summed E-state index contributed by atoms with van der Waals surface area (Å²) >= 11 is 5.23. The van der Waals surface area contributed by atoms with E-state index in [0.717, 1.165) is 22.0 Å². The van der Waals surface area contributed by atoms with Crippen molar-refractivity contribution in [2.45, 2.75) is 25.8 Å². The summed E-state index contributed by atoms with van der Waals surface area (Å²) in [6.07, 6.45) is 5.70. The van der Waals surface area contributed by atoms with Crippen molar-refractivity contribution in [2.24, 2.45) is 5.41 Å². The van der Waals surface area contributed by atoms with Crippen molar-refractivity contribution in [2.75, 3.05) is 5.33 Å². The second kappa shape index (κ2) is 4.25. The minimum Gasteiger partial charge on any atom is -0.314 e. The summed E-state index contributed by atoms with van der Waals surface area (Å²) in [7, 11) is 0. The van der Waals surface area contributed by atoms with Crippen LogP contribution in [0.1, 0.15) is 19.3 Å². The Bertz CT molecular complexity index is 591. The summed E-state index contributed by atoms with van der Waals surface area (Å²) in [5, 5.41) is 3.84. The number of thiophene rings is 1. The summed E-state index contributed by atoms with van der Waals surface area (Å²) in [4.78, 5) is 12.3. The van der Waals surface area contributed by atoms with E-state index in [9.17, 15) is 4.79 Å². The molecule has 3 rings (SSSR count). The van der Waals surface area contributed by atoms with Crippen molar-refractivity contribution in [3.05, 3.63) is 34.1 Å². The molecule has 2 aromatic heterocycles. The Labute approximate surface area is 112 Å². The van der Waals surface area contributed by atoms with Crippen molar-refractivity contribution in [3.8, 4) is 0 Å². The van der Waals surface area contributed by atoms with Gasteiger partial charge in [0.05, 0.1) is 5.39 Å². The van der Waals surface area contributed by atoms with E-state index in [1.54, 1.807) is 11.3 Å². The first-order valence-electron chi connectivity index (χ1n) is 5.87. The molecule has 0 N–H and O–H groups in total. The number of aromatic nitrogens is 1. The highest BCUT2D eigenvalue weighted by Gasteiger charge is 2.36. The molecule has 0 atom stereocenters. The SMILES string of the molecule is O=c1c2ccsc2ccn1CC1(CBr)CCC1. The van der Waals surface area contributed by atoms with E-state index in [0.29, 0.717) is 5.41 Å². The van der Waals surface area contributed by atoms with Gasteiger partial charge in [0.2, 0.25) is 0 Å². The van der Waals surface area contributed by atoms with Crippen LogP contribution in [0.2, 0.25) is 0 Å². The highest BCUT2D eigenvalue weighted by Crippen LogP contribution is 2.43. The average Bonchev–Trinajstić information content (AvgIpc) is 2.75. The number of nitrogens with zero attached hydrogens (tertiary/aromatic N) is 1. The molecule has 0 radical (unpaired) electrons. The van der Waals surface area contributed by atoms with E-state index in [4.69, 9.17) is 0 Å². The number of halogens is 1. The first kappa shape index (κ1) is 11.5. The van der Waals surface area contributed by atoms with Crippen LogP contribution >= 0.6 is 27.3 Å². The first-order valence-corrected chi connectivity index (χ1v) is 7.87. The molecule has 1 fully saturated rings. The van der Waals surface area contributed by atoms with E-state index in [1.165, 1.54) is 19.3 Å². The van der Waals surface area contributed by atoms with Crippen LogP contribution in [0.4, 0.5) is 0 Å². The Hall–Kier alpha value is -0.610. The molecule has 1 saturated carbocycles. The van der Waals surface area contributed by atoms with Gasteiger partial charge in [0.25, 0.3) is 5.56 Å². The number of alkyl halides is 1. The van der Waals surface area contributed by atoms with Gasteiger partial charge in [-0.25, -0.2) is 0 Å². The van der Waals surface area contributed by atoms with Crippen molar-refractivity contribution in [3.63, 3.8) is 0 Å². The van der Waals surface area contributed by atoms with Crippen molar-refractivity contribution >= 4 is 37.4 Å². The average molecular weight is 312 g/mol. The maximum atomic E-state index is 12.3. The molecule has 0 bridgehead atoms. The van der Waals surface area contributed by atoms with Crippen molar-refractivity contribution < 1.29 is 0 Å². The maximum Gasteiger partial charge on any atom is 0.259 e. The Morgan fingerprint density at radius 1 is 1.41 bits per heavy atom. The summed E-state index contributed by atoms with van der Waals surface area (Å²) in [6, 6.07) is 3.99. The summed E-state index contributed by atoms with van der Waals surface area (Å²) in [5.74, 6) is 0. The molecule has 90 valence electrons. The Kier molecular flexibility index (Phi) is 2.87. The standard InChI is InChI=1S/C13H14BrNOS/c14-8-13(4-1-5-13)9-15-6-2-11-10(12(15)16)3-7-17-11/h2-3,6-7H,1,4-5,8-9H2. The molecule has 2 nitrogen and oxygen atoms in total. The van der Waals surface area contributed by atoms with Crippen molar-refractivity contribution in [1.82, 2.24) is 4.57 Å². The normalized spacial score (nSPS) is 18.2. The third-order valence-electron chi connectivity index (χ3n) is 3.80. The molecule has 0 spiro atoms. The molecule has 0 amide bonds. The minimum atomic E-state index is 0.163. The summed E-state index contributed by atoms with van der Waals surface area (Å²) in [5.41, 5.74) is 0.476. The van der Waals surface area contributed by atoms with Crippen molar-refractivity contribution in [1.29, 1.82) is 0 Å². The van der Waals surface area contributed by atoms with Gasteiger partial charge in [0.1, 0.15) is 0 Å². The zero-order valence-corrected chi connectivity index (χ0v) is 11.9. The second-order valence-corrected chi connectivity index (χ2v) is 6.44. The van der Waals surface area contributed by atoms with E-state index >= 15 is 0 Å². The van der Waals surface area contributed by atoms with Gasteiger partial charge in [-0.3, -0.25) is 4.79 Å². The molecular formula is C13H14BrNOS. The van der Waals surface area contributed by atoms with E-state index in [-0.39, 0.29) is 5.56 Å². The predicted octanol–water partition coefficient (Wildman–Crippen LogP) is 3.63. The number of fused-ring (bicyclic) bond motifs is 1. The molecule has 2 heterocycles. The fourth-order valence-corrected chi connectivity index (χ4v) is 4.01. The van der Waals surface area contributed by atoms with Gasteiger partial charge >= 0.3 is 0 Å². The molecule has 0 aliphatic heterocycles. The molecule has 17 heavy (non-hydrogen) atoms. The van der Waals surface area contributed by atoms with Crippen LogP contribution in [-0.4, -0.2) is 9.90 Å². The van der Waals surface area contributed by atoms with Gasteiger partial charge in [0.15, 0.2) is 0 Å². The molecule has 0 saturated heterocycles. The lowest BCUT2D eigenvalue weighted by Gasteiger charge is -2.40. The van der Waals surface area contributed by atoms with Crippen LogP contribution in [0, 0.1) is 5.41 Å². The lowest BCUT2D eigenvalue weighted by Crippen LogP contribution is -2.38. The number of pyridine rings is 1. The maximum absolute atomic E-state index is 12.3. The van der Waals surface area contributed by atoms with Gasteiger partial charge in [-0.15, -0.1) is 11.3 Å². The molecule has 0 aromatic carbocycles. The smallest absolute Gasteiger partial charge is 0.259 e. The molecule has 0 unspecified atom stereocenters. The largest absolute Gasteiger partial charge is 0.314 e. The monoisotopic (exact) mass is 311 g/mol. The minimum absolute atomic E-state index is 0.163. The lowest BCUT2D eigenvalue weighted by molar-refractivity contribution is 0.139. The van der Waals surface area contributed by atoms with E-state index in [2.05, 4.69) is 22.0 Å². The summed E-state index contributed by atoms with van der Waals surface area (Å²) in [6.45, 7) is 0.850. The predicted molar refractivity (Wildman–Crippen MR) is 76.2 cm³/mol. The highest BCUT2D eigenvalue weighted by molar-refractivity contribution is 9.09. The molecule has 4 heteroatoms.